The highest BCUT2D eigenvalue weighted by Crippen LogP contribution is 2.20. The van der Waals surface area contributed by atoms with Gasteiger partial charge in [-0.25, -0.2) is 0 Å². The Bertz CT molecular complexity index is 1220. The summed E-state index contributed by atoms with van der Waals surface area (Å²) in [5, 5.41) is 23.2. The monoisotopic (exact) mass is 1140 g/mol. The molecule has 0 radical (unpaired) electrons. The van der Waals surface area contributed by atoms with Crippen molar-refractivity contribution < 1.29 is 24.5 Å². The van der Waals surface area contributed by atoms with Gasteiger partial charge in [0.25, 0.3) is 0 Å². The molecule has 0 aliphatic rings. The minimum Gasteiger partial charge on any atom is -0.466 e. The maximum atomic E-state index is 12.5. The minimum absolute atomic E-state index is 0.0247. The van der Waals surface area contributed by atoms with Crippen LogP contribution in [0.3, 0.4) is 0 Å². The SMILES string of the molecule is CCCCCCCCCCCCCCCCC/C=C/C(O)C(CO)NC(=O)CCCCCCCCCCCCCCCCCCCCCCCCCCCCCCCOC(=O)CCCCCCCCCCCCCCCCCCCC. The van der Waals surface area contributed by atoms with Crippen LogP contribution < -0.4 is 5.32 Å². The molecule has 0 aliphatic carbocycles. The number of allylic oxidation sites excluding steroid dienone is 1. The molecule has 0 bridgehead atoms. The average Bonchev–Trinajstić information content (AvgIpc) is 3.47. The van der Waals surface area contributed by atoms with Gasteiger partial charge >= 0.3 is 5.97 Å². The molecule has 2 unspecified atom stereocenters. The molecule has 6 heteroatoms. The molecule has 0 aromatic heterocycles. The molecule has 0 aromatic carbocycles. The minimum atomic E-state index is -0.842. The first kappa shape index (κ1) is 79.6. The number of unbranched alkanes of at least 4 members (excludes halogenated alkanes) is 60. The lowest BCUT2D eigenvalue weighted by molar-refractivity contribution is -0.143. The molecule has 0 fully saturated rings. The van der Waals surface area contributed by atoms with Gasteiger partial charge in [-0.2, -0.15) is 0 Å². The van der Waals surface area contributed by atoms with Crippen molar-refractivity contribution in [3.63, 3.8) is 0 Å². The number of hydrogen-bond donors (Lipinski definition) is 3. The van der Waals surface area contributed by atoms with Crippen LogP contribution in [0.5, 0.6) is 0 Å². The highest BCUT2D eigenvalue weighted by Gasteiger charge is 2.18. The van der Waals surface area contributed by atoms with E-state index in [1.54, 1.807) is 6.08 Å². The van der Waals surface area contributed by atoms with E-state index < -0.39 is 12.1 Å². The molecule has 482 valence electrons. The summed E-state index contributed by atoms with van der Waals surface area (Å²) in [6, 6.07) is -0.625. The van der Waals surface area contributed by atoms with Gasteiger partial charge in [-0.15, -0.1) is 0 Å². The van der Waals surface area contributed by atoms with Gasteiger partial charge in [0.05, 0.1) is 25.4 Å². The Hall–Kier alpha value is -1.40. The normalized spacial score (nSPS) is 12.5. The Kier molecular flexibility index (Phi) is 69.9. The maximum Gasteiger partial charge on any atom is 0.305 e. The molecule has 0 saturated heterocycles. The van der Waals surface area contributed by atoms with Crippen molar-refractivity contribution >= 4 is 11.9 Å². The van der Waals surface area contributed by atoms with Crippen LogP contribution in [0.15, 0.2) is 12.2 Å². The molecular weight excluding hydrogens is 995 g/mol. The quantitative estimate of drug-likeness (QED) is 0.0320. The second-order valence-corrected chi connectivity index (χ2v) is 26.0. The van der Waals surface area contributed by atoms with Crippen molar-refractivity contribution in [3.8, 4) is 0 Å². The summed E-state index contributed by atoms with van der Waals surface area (Å²) in [7, 11) is 0. The predicted molar refractivity (Wildman–Crippen MR) is 357 cm³/mol. The zero-order valence-electron chi connectivity index (χ0n) is 55.3. The number of carbonyl (C=O) groups excluding carboxylic acids is 2. The number of aliphatic hydroxyl groups is 2. The molecule has 6 nitrogen and oxygen atoms in total. The summed E-state index contributed by atoms with van der Waals surface area (Å²) in [4.78, 5) is 24.6. The van der Waals surface area contributed by atoms with Crippen LogP contribution in [-0.2, 0) is 14.3 Å². The number of ether oxygens (including phenoxy) is 1. The van der Waals surface area contributed by atoms with E-state index in [4.69, 9.17) is 4.74 Å². The molecule has 1 amide bonds. The third-order valence-electron chi connectivity index (χ3n) is 17.8. The zero-order valence-corrected chi connectivity index (χ0v) is 55.3. The number of carbonyl (C=O) groups is 2. The summed E-state index contributed by atoms with van der Waals surface area (Å²) in [6.45, 7) is 4.96. The van der Waals surface area contributed by atoms with E-state index in [9.17, 15) is 19.8 Å². The van der Waals surface area contributed by atoms with Crippen molar-refractivity contribution in [2.45, 2.75) is 443 Å². The van der Waals surface area contributed by atoms with Crippen LogP contribution in [0, 0.1) is 0 Å². The first-order valence-electron chi connectivity index (χ1n) is 37.5. The van der Waals surface area contributed by atoms with Gasteiger partial charge in [-0.05, 0) is 32.1 Å². The van der Waals surface area contributed by atoms with Gasteiger partial charge in [-0.3, -0.25) is 9.59 Å². The van der Waals surface area contributed by atoms with Gasteiger partial charge in [0.2, 0.25) is 5.91 Å². The fraction of sp³-hybridized carbons (Fsp3) is 0.947. The van der Waals surface area contributed by atoms with E-state index in [1.165, 1.54) is 366 Å². The number of amides is 1. The van der Waals surface area contributed by atoms with E-state index in [-0.39, 0.29) is 18.5 Å². The lowest BCUT2D eigenvalue weighted by Gasteiger charge is -2.20. The van der Waals surface area contributed by atoms with Crippen molar-refractivity contribution in [1.82, 2.24) is 5.32 Å². The van der Waals surface area contributed by atoms with E-state index in [1.807, 2.05) is 6.08 Å². The fourth-order valence-corrected chi connectivity index (χ4v) is 12.1. The number of hydrogen-bond acceptors (Lipinski definition) is 5. The molecule has 3 N–H and O–H groups in total. The number of esters is 1. The Morgan fingerprint density at radius 1 is 0.333 bits per heavy atom. The summed E-state index contributed by atoms with van der Waals surface area (Å²) in [5.74, 6) is -0.0358. The first-order chi connectivity index (χ1) is 40.0. The van der Waals surface area contributed by atoms with Gasteiger partial charge in [0.1, 0.15) is 0 Å². The van der Waals surface area contributed by atoms with Crippen LogP contribution in [0.2, 0.25) is 0 Å². The molecule has 0 spiro atoms. The van der Waals surface area contributed by atoms with E-state index >= 15 is 0 Å². The van der Waals surface area contributed by atoms with E-state index in [2.05, 4.69) is 19.2 Å². The van der Waals surface area contributed by atoms with E-state index in [0.29, 0.717) is 19.4 Å². The number of nitrogens with one attached hydrogen (secondary N) is 1. The molecule has 0 rings (SSSR count). The smallest absolute Gasteiger partial charge is 0.305 e. The van der Waals surface area contributed by atoms with Crippen molar-refractivity contribution in [1.29, 1.82) is 0 Å². The van der Waals surface area contributed by atoms with Crippen molar-refractivity contribution in [2.24, 2.45) is 0 Å². The Labute approximate surface area is 508 Å². The first-order valence-corrected chi connectivity index (χ1v) is 37.5. The summed E-state index contributed by atoms with van der Waals surface area (Å²) in [6.07, 6.45) is 88.8. The van der Waals surface area contributed by atoms with Gasteiger partial charge in [0, 0.05) is 12.8 Å². The molecule has 0 aliphatic heterocycles. The molecule has 2 atom stereocenters. The largest absolute Gasteiger partial charge is 0.466 e. The van der Waals surface area contributed by atoms with Gasteiger partial charge in [-0.1, -0.05) is 398 Å². The van der Waals surface area contributed by atoms with Crippen LogP contribution in [-0.4, -0.2) is 47.4 Å². The lowest BCUT2D eigenvalue weighted by atomic mass is 10.0. The van der Waals surface area contributed by atoms with Crippen LogP contribution in [0.4, 0.5) is 0 Å². The number of rotatable bonds is 71. The summed E-state index contributed by atoms with van der Waals surface area (Å²) < 4.78 is 5.52. The Morgan fingerprint density at radius 3 is 0.840 bits per heavy atom. The second kappa shape index (κ2) is 71.1. The molecule has 81 heavy (non-hydrogen) atoms. The molecule has 0 saturated carbocycles. The molecule has 0 aromatic rings. The van der Waals surface area contributed by atoms with Gasteiger partial charge < -0.3 is 20.3 Å². The van der Waals surface area contributed by atoms with Crippen molar-refractivity contribution in [2.75, 3.05) is 13.2 Å². The van der Waals surface area contributed by atoms with Crippen LogP contribution >= 0.6 is 0 Å². The molecular formula is C75H147NO5. The highest BCUT2D eigenvalue weighted by molar-refractivity contribution is 5.76. The summed E-state index contributed by atoms with van der Waals surface area (Å²) >= 11 is 0. The van der Waals surface area contributed by atoms with E-state index in [0.717, 1.165) is 38.5 Å². The van der Waals surface area contributed by atoms with Gasteiger partial charge in [0.15, 0.2) is 0 Å². The van der Waals surface area contributed by atoms with Crippen molar-refractivity contribution in [3.05, 3.63) is 12.2 Å². The van der Waals surface area contributed by atoms with Crippen LogP contribution in [0.1, 0.15) is 431 Å². The molecule has 0 heterocycles. The zero-order chi connectivity index (χ0) is 58.5. The maximum absolute atomic E-state index is 12.5. The second-order valence-electron chi connectivity index (χ2n) is 26.0. The average molecular weight is 1140 g/mol. The Morgan fingerprint density at radius 2 is 0.568 bits per heavy atom. The lowest BCUT2D eigenvalue weighted by Crippen LogP contribution is -2.45. The third kappa shape index (κ3) is 67.6. The highest BCUT2D eigenvalue weighted by atomic mass is 16.5. The Balaban J connectivity index is 3.33. The third-order valence-corrected chi connectivity index (χ3v) is 17.8. The fourth-order valence-electron chi connectivity index (χ4n) is 12.1. The van der Waals surface area contributed by atoms with Crippen LogP contribution in [0.25, 0.3) is 0 Å². The summed E-state index contributed by atoms with van der Waals surface area (Å²) in [5.41, 5.74) is 0. The topological polar surface area (TPSA) is 95.9 Å². The standard InChI is InChI=1S/C75H147NO5/c1-3-5-7-9-11-13-15-17-19-21-37-41-45-49-53-57-61-65-69-75(80)81-70-66-62-58-54-50-46-42-38-34-32-30-28-26-24-22-23-25-27-29-31-33-36-40-44-48-52-56-60-64-68-74(79)76-72(71-77)73(78)67-63-59-55-51-47-43-39-35-20-18-16-14-12-10-8-6-4-2/h63,67,72-73,77-78H,3-62,64-66,68-71H2,1-2H3,(H,76,79)/b67-63+. The predicted octanol–water partition coefficient (Wildman–Crippen LogP) is 24.3. The number of aliphatic hydroxyl groups excluding tert-OH is 2.